The monoisotopic (exact) mass is 414 g/mol. The number of rotatable bonds is 4. The molecule has 4 rings (SSSR count). The summed E-state index contributed by atoms with van der Waals surface area (Å²) in [5.41, 5.74) is 1.86. The fourth-order valence-corrected chi connectivity index (χ4v) is 3.68. The van der Waals surface area contributed by atoms with Gasteiger partial charge in [0.25, 0.3) is 17.4 Å². The van der Waals surface area contributed by atoms with E-state index in [2.05, 4.69) is 0 Å². The van der Waals surface area contributed by atoms with E-state index in [1.807, 2.05) is 6.92 Å². The molecule has 3 aromatic carbocycles. The fraction of sp³-hybridized carbons (Fsp3) is 0.0833. The Morgan fingerprint density at radius 2 is 1.65 bits per heavy atom. The van der Waals surface area contributed by atoms with E-state index >= 15 is 0 Å². The molecule has 1 amide bonds. The molecule has 0 aliphatic carbocycles. The van der Waals surface area contributed by atoms with Crippen molar-refractivity contribution in [1.29, 1.82) is 0 Å². The van der Waals surface area contributed by atoms with Crippen LogP contribution in [0.1, 0.15) is 22.7 Å². The summed E-state index contributed by atoms with van der Waals surface area (Å²) in [6, 6.07) is 20.2. The highest BCUT2D eigenvalue weighted by Gasteiger charge is 2.47. The second-order valence-corrected chi connectivity index (χ2v) is 7.22. The zero-order chi connectivity index (χ0) is 22.1. The second-order valence-electron chi connectivity index (χ2n) is 7.22. The smallest absolute Gasteiger partial charge is 0.300 e. The Balaban J connectivity index is 1.96. The van der Waals surface area contributed by atoms with E-state index in [1.165, 1.54) is 23.1 Å². The first kappa shape index (κ1) is 20.0. The van der Waals surface area contributed by atoms with Crippen LogP contribution >= 0.6 is 0 Å². The second kappa shape index (κ2) is 7.87. The van der Waals surface area contributed by atoms with E-state index in [4.69, 9.17) is 0 Å². The molecule has 0 radical (unpaired) electrons. The third kappa shape index (κ3) is 3.57. The minimum absolute atomic E-state index is 0.113. The van der Waals surface area contributed by atoms with Gasteiger partial charge in [0.05, 0.1) is 16.5 Å². The van der Waals surface area contributed by atoms with Crippen molar-refractivity contribution in [1.82, 2.24) is 0 Å². The van der Waals surface area contributed by atoms with Gasteiger partial charge in [-0.1, -0.05) is 60.2 Å². The molecule has 7 heteroatoms. The lowest BCUT2D eigenvalue weighted by Gasteiger charge is -2.25. The molecular weight excluding hydrogens is 396 g/mol. The number of aliphatic hydroxyl groups excluding tert-OH is 1. The van der Waals surface area contributed by atoms with E-state index in [0.717, 1.165) is 5.56 Å². The molecule has 154 valence electrons. The van der Waals surface area contributed by atoms with Gasteiger partial charge in [0.15, 0.2) is 0 Å². The Morgan fingerprint density at radius 3 is 2.29 bits per heavy atom. The van der Waals surface area contributed by atoms with E-state index in [0.29, 0.717) is 16.8 Å². The molecule has 3 aromatic rings. The van der Waals surface area contributed by atoms with Gasteiger partial charge in [-0.2, -0.15) is 0 Å². The van der Waals surface area contributed by atoms with Crippen molar-refractivity contribution >= 4 is 28.8 Å². The van der Waals surface area contributed by atoms with Crippen molar-refractivity contribution < 1.29 is 19.6 Å². The summed E-state index contributed by atoms with van der Waals surface area (Å²) in [6.45, 7) is 1.89. The minimum Gasteiger partial charge on any atom is -0.507 e. The number of hydrogen-bond acceptors (Lipinski definition) is 5. The maximum absolute atomic E-state index is 13.0. The van der Waals surface area contributed by atoms with Gasteiger partial charge in [0.2, 0.25) is 0 Å². The van der Waals surface area contributed by atoms with Gasteiger partial charge in [-0.3, -0.25) is 24.6 Å². The zero-order valence-electron chi connectivity index (χ0n) is 16.6. The van der Waals surface area contributed by atoms with Gasteiger partial charge in [0.1, 0.15) is 5.76 Å². The Morgan fingerprint density at radius 1 is 0.968 bits per heavy atom. The SMILES string of the molecule is Cc1ccc(/C(O)=C2\C(=O)C(=O)N(c3ccccc3)[C@H]2c2cccc([N+](=O)[O-])c2)cc1. The van der Waals surface area contributed by atoms with Gasteiger partial charge in [-0.15, -0.1) is 0 Å². The van der Waals surface area contributed by atoms with Gasteiger partial charge >= 0.3 is 0 Å². The molecule has 1 heterocycles. The third-order valence-electron chi connectivity index (χ3n) is 5.20. The van der Waals surface area contributed by atoms with Crippen molar-refractivity contribution in [2.24, 2.45) is 0 Å². The number of carbonyl (C=O) groups excluding carboxylic acids is 2. The zero-order valence-corrected chi connectivity index (χ0v) is 16.6. The topological polar surface area (TPSA) is 101 Å². The number of benzene rings is 3. The van der Waals surface area contributed by atoms with Crippen LogP contribution in [0.2, 0.25) is 0 Å². The number of hydrogen-bond donors (Lipinski definition) is 1. The van der Waals surface area contributed by atoms with Crippen LogP contribution in [0.4, 0.5) is 11.4 Å². The maximum atomic E-state index is 13.0. The van der Waals surface area contributed by atoms with E-state index < -0.39 is 22.7 Å². The summed E-state index contributed by atoms with van der Waals surface area (Å²) >= 11 is 0. The van der Waals surface area contributed by atoms with Crippen molar-refractivity contribution in [2.75, 3.05) is 4.90 Å². The van der Waals surface area contributed by atoms with Crippen LogP contribution in [-0.4, -0.2) is 21.7 Å². The summed E-state index contributed by atoms with van der Waals surface area (Å²) in [7, 11) is 0. The van der Waals surface area contributed by atoms with Crippen LogP contribution in [0, 0.1) is 17.0 Å². The van der Waals surface area contributed by atoms with Crippen LogP contribution in [0.5, 0.6) is 0 Å². The summed E-state index contributed by atoms with van der Waals surface area (Å²) in [5.74, 6) is -1.98. The van der Waals surface area contributed by atoms with Gasteiger partial charge in [0, 0.05) is 23.4 Å². The third-order valence-corrected chi connectivity index (χ3v) is 5.20. The number of para-hydroxylation sites is 1. The summed E-state index contributed by atoms with van der Waals surface area (Å²) in [4.78, 5) is 38.1. The average molecular weight is 414 g/mol. The summed E-state index contributed by atoms with van der Waals surface area (Å²) in [6.07, 6.45) is 0. The van der Waals surface area contributed by atoms with Crippen molar-refractivity contribution in [3.05, 3.63) is 111 Å². The number of Topliss-reactive ketones (excluding diaryl/α,β-unsaturated/α-hetero) is 1. The molecule has 0 bridgehead atoms. The number of amides is 1. The highest BCUT2D eigenvalue weighted by Crippen LogP contribution is 2.42. The molecule has 0 spiro atoms. The van der Waals surface area contributed by atoms with Gasteiger partial charge < -0.3 is 5.11 Å². The lowest BCUT2D eigenvalue weighted by Crippen LogP contribution is -2.29. The Bertz CT molecular complexity index is 1220. The van der Waals surface area contributed by atoms with E-state index in [9.17, 15) is 24.8 Å². The molecule has 31 heavy (non-hydrogen) atoms. The molecule has 7 nitrogen and oxygen atoms in total. The number of anilines is 1. The van der Waals surface area contributed by atoms with Crippen LogP contribution < -0.4 is 4.90 Å². The van der Waals surface area contributed by atoms with E-state index in [1.54, 1.807) is 60.7 Å². The maximum Gasteiger partial charge on any atom is 0.300 e. The Labute approximate surface area is 178 Å². The largest absolute Gasteiger partial charge is 0.507 e. The standard InChI is InChI=1S/C24H18N2O5/c1-15-10-12-16(13-11-15)22(27)20-21(17-6-5-9-19(14-17)26(30)31)25(24(29)23(20)28)18-7-3-2-4-8-18/h2-14,21,27H,1H3/b22-20+/t21-/m0/s1. The molecule has 1 fully saturated rings. The predicted octanol–water partition coefficient (Wildman–Crippen LogP) is 4.53. The van der Waals surface area contributed by atoms with Crippen LogP contribution in [0.3, 0.4) is 0 Å². The molecule has 1 aliphatic rings. The number of aliphatic hydroxyl groups is 1. The molecule has 1 N–H and O–H groups in total. The molecule has 0 unspecified atom stereocenters. The highest BCUT2D eigenvalue weighted by molar-refractivity contribution is 6.51. The highest BCUT2D eigenvalue weighted by atomic mass is 16.6. The van der Waals surface area contributed by atoms with Gasteiger partial charge in [-0.25, -0.2) is 0 Å². The number of nitro groups is 1. The number of ketones is 1. The molecule has 1 aliphatic heterocycles. The Hall–Kier alpha value is -4.26. The normalized spacial score (nSPS) is 17.7. The number of aryl methyl sites for hydroxylation is 1. The minimum atomic E-state index is -1.01. The Kier molecular flexibility index (Phi) is 5.09. The molecule has 1 saturated heterocycles. The quantitative estimate of drug-likeness (QED) is 0.222. The van der Waals surface area contributed by atoms with Crippen molar-refractivity contribution in [3.63, 3.8) is 0 Å². The van der Waals surface area contributed by atoms with Crippen molar-refractivity contribution in [3.8, 4) is 0 Å². The summed E-state index contributed by atoms with van der Waals surface area (Å²) < 4.78 is 0. The first-order chi connectivity index (χ1) is 14.9. The number of carbonyl (C=O) groups is 2. The molecule has 1 atom stereocenters. The summed E-state index contributed by atoms with van der Waals surface area (Å²) in [5, 5.41) is 22.3. The van der Waals surface area contributed by atoms with Crippen LogP contribution in [0.15, 0.2) is 84.4 Å². The van der Waals surface area contributed by atoms with Crippen LogP contribution in [-0.2, 0) is 9.59 Å². The molecular formula is C24H18N2O5. The molecule has 0 saturated carbocycles. The number of non-ortho nitro benzene ring substituents is 1. The van der Waals surface area contributed by atoms with Gasteiger partial charge in [-0.05, 0) is 24.6 Å². The molecule has 0 aromatic heterocycles. The number of nitro benzene ring substituents is 1. The predicted molar refractivity (Wildman–Crippen MR) is 116 cm³/mol. The lowest BCUT2D eigenvalue weighted by molar-refractivity contribution is -0.384. The number of nitrogens with zero attached hydrogens (tertiary/aromatic N) is 2. The van der Waals surface area contributed by atoms with E-state index in [-0.39, 0.29) is 17.0 Å². The first-order valence-corrected chi connectivity index (χ1v) is 9.56. The fourth-order valence-electron chi connectivity index (χ4n) is 3.68. The average Bonchev–Trinajstić information content (AvgIpc) is 3.05. The first-order valence-electron chi connectivity index (χ1n) is 9.56. The lowest BCUT2D eigenvalue weighted by atomic mass is 9.94. The van der Waals surface area contributed by atoms with Crippen LogP contribution in [0.25, 0.3) is 5.76 Å². The van der Waals surface area contributed by atoms with Crippen molar-refractivity contribution in [2.45, 2.75) is 13.0 Å².